The fraction of sp³-hybridized carbons (Fsp3) is 1.00. The molecule has 1 aliphatic heterocycles. The second kappa shape index (κ2) is 2.90. The number of thiol groups is 1. The SMILES string of the molecule is CC1CC(C)OC(S)O1. The molecule has 0 N–H and O–H groups in total. The highest BCUT2D eigenvalue weighted by Crippen LogP contribution is 2.19. The molecule has 1 heterocycles. The van der Waals surface area contributed by atoms with Crippen LogP contribution in [0, 0.1) is 0 Å². The Balaban J connectivity index is 2.34. The van der Waals surface area contributed by atoms with Crippen LogP contribution in [0.1, 0.15) is 20.3 Å². The Kier molecular flexibility index (Phi) is 2.38. The molecular formula is C6H12O2S. The van der Waals surface area contributed by atoms with E-state index in [1.165, 1.54) is 0 Å². The molecule has 0 bridgehead atoms. The molecule has 0 aromatic heterocycles. The Hall–Kier alpha value is 0.270. The van der Waals surface area contributed by atoms with Gasteiger partial charge in [-0.05, 0) is 20.3 Å². The zero-order valence-corrected chi connectivity index (χ0v) is 6.60. The van der Waals surface area contributed by atoms with E-state index in [9.17, 15) is 0 Å². The third-order valence-corrected chi connectivity index (χ3v) is 1.60. The number of hydrogen-bond donors (Lipinski definition) is 1. The summed E-state index contributed by atoms with van der Waals surface area (Å²) in [4.78, 5) is 0. The number of ether oxygens (including phenoxy) is 2. The number of rotatable bonds is 0. The Morgan fingerprint density at radius 1 is 1.22 bits per heavy atom. The lowest BCUT2D eigenvalue weighted by molar-refractivity contribution is -0.186. The van der Waals surface area contributed by atoms with Crippen molar-refractivity contribution in [2.75, 3.05) is 0 Å². The molecule has 1 rings (SSSR count). The van der Waals surface area contributed by atoms with Gasteiger partial charge in [0.2, 0.25) is 5.62 Å². The van der Waals surface area contributed by atoms with E-state index in [4.69, 9.17) is 9.47 Å². The van der Waals surface area contributed by atoms with Crippen molar-refractivity contribution in [3.8, 4) is 0 Å². The van der Waals surface area contributed by atoms with Crippen molar-refractivity contribution < 1.29 is 9.47 Å². The van der Waals surface area contributed by atoms with Gasteiger partial charge in [-0.1, -0.05) is 0 Å². The molecule has 1 saturated heterocycles. The topological polar surface area (TPSA) is 18.5 Å². The van der Waals surface area contributed by atoms with Crippen LogP contribution in [-0.2, 0) is 9.47 Å². The molecule has 0 aliphatic carbocycles. The summed E-state index contributed by atoms with van der Waals surface area (Å²) in [7, 11) is 0. The average Bonchev–Trinajstić information content (AvgIpc) is 1.59. The first-order valence-electron chi connectivity index (χ1n) is 3.17. The smallest absolute Gasteiger partial charge is 0.204 e. The monoisotopic (exact) mass is 148 g/mol. The van der Waals surface area contributed by atoms with Gasteiger partial charge in [-0.2, -0.15) is 0 Å². The van der Waals surface area contributed by atoms with Crippen LogP contribution in [0.25, 0.3) is 0 Å². The van der Waals surface area contributed by atoms with E-state index in [2.05, 4.69) is 12.6 Å². The van der Waals surface area contributed by atoms with Crippen molar-refractivity contribution in [3.05, 3.63) is 0 Å². The Morgan fingerprint density at radius 3 is 2.00 bits per heavy atom. The van der Waals surface area contributed by atoms with Gasteiger partial charge in [0.1, 0.15) is 0 Å². The average molecular weight is 148 g/mol. The molecule has 0 aromatic carbocycles. The van der Waals surface area contributed by atoms with Crippen molar-refractivity contribution in [1.82, 2.24) is 0 Å². The minimum Gasteiger partial charge on any atom is -0.341 e. The maximum atomic E-state index is 5.20. The van der Waals surface area contributed by atoms with Crippen LogP contribution in [0.3, 0.4) is 0 Å². The van der Waals surface area contributed by atoms with Gasteiger partial charge in [0.05, 0.1) is 12.2 Å². The van der Waals surface area contributed by atoms with Gasteiger partial charge in [0, 0.05) is 0 Å². The largest absolute Gasteiger partial charge is 0.341 e. The molecule has 0 amide bonds. The molecule has 2 nitrogen and oxygen atoms in total. The van der Waals surface area contributed by atoms with Crippen LogP contribution in [0.2, 0.25) is 0 Å². The minimum atomic E-state index is -0.316. The molecule has 1 fully saturated rings. The Morgan fingerprint density at radius 2 is 1.67 bits per heavy atom. The van der Waals surface area contributed by atoms with E-state index >= 15 is 0 Å². The lowest BCUT2D eigenvalue weighted by atomic mass is 10.2. The van der Waals surface area contributed by atoms with Crippen molar-refractivity contribution in [2.24, 2.45) is 0 Å². The van der Waals surface area contributed by atoms with Gasteiger partial charge in [-0.3, -0.25) is 0 Å². The third kappa shape index (κ3) is 2.16. The van der Waals surface area contributed by atoms with Crippen LogP contribution < -0.4 is 0 Å². The lowest BCUT2D eigenvalue weighted by Crippen LogP contribution is -2.32. The van der Waals surface area contributed by atoms with Crippen molar-refractivity contribution >= 4 is 12.6 Å². The second-order valence-corrected chi connectivity index (χ2v) is 2.86. The van der Waals surface area contributed by atoms with Gasteiger partial charge in [-0.25, -0.2) is 0 Å². The summed E-state index contributed by atoms with van der Waals surface area (Å²) in [5.41, 5.74) is -0.316. The van der Waals surface area contributed by atoms with Crippen LogP contribution in [0.15, 0.2) is 0 Å². The predicted octanol–water partition coefficient (Wildman–Crippen LogP) is 1.41. The third-order valence-electron chi connectivity index (χ3n) is 1.36. The second-order valence-electron chi connectivity index (χ2n) is 2.44. The van der Waals surface area contributed by atoms with E-state index in [0.29, 0.717) is 0 Å². The summed E-state index contributed by atoms with van der Waals surface area (Å²) >= 11 is 4.04. The summed E-state index contributed by atoms with van der Waals surface area (Å²) in [6, 6.07) is 0. The zero-order chi connectivity index (χ0) is 6.85. The molecule has 3 heteroatoms. The standard InChI is InChI=1S/C6H12O2S/c1-4-3-5(2)8-6(9)7-4/h4-6,9H,3H2,1-2H3. The van der Waals surface area contributed by atoms with Gasteiger partial charge in [-0.15, -0.1) is 12.6 Å². The first kappa shape index (κ1) is 7.38. The quantitative estimate of drug-likeness (QED) is 0.524. The van der Waals surface area contributed by atoms with E-state index in [0.717, 1.165) is 6.42 Å². The fourth-order valence-electron chi connectivity index (χ4n) is 1.01. The van der Waals surface area contributed by atoms with Crippen LogP contribution in [0.5, 0.6) is 0 Å². The van der Waals surface area contributed by atoms with Crippen LogP contribution in [0.4, 0.5) is 0 Å². The molecule has 54 valence electrons. The first-order valence-corrected chi connectivity index (χ1v) is 3.69. The Bertz CT molecular complexity index is 72.0. The summed E-state index contributed by atoms with van der Waals surface area (Å²) in [5, 5.41) is 0. The van der Waals surface area contributed by atoms with Crippen LogP contribution >= 0.6 is 12.6 Å². The fourth-order valence-corrected chi connectivity index (χ4v) is 1.42. The highest BCUT2D eigenvalue weighted by molar-refractivity contribution is 7.80. The molecule has 2 unspecified atom stereocenters. The molecule has 2 atom stereocenters. The van der Waals surface area contributed by atoms with Gasteiger partial charge < -0.3 is 9.47 Å². The normalized spacial score (nSPS) is 45.0. The molecule has 9 heavy (non-hydrogen) atoms. The summed E-state index contributed by atoms with van der Waals surface area (Å²) < 4.78 is 10.4. The molecule has 0 spiro atoms. The maximum Gasteiger partial charge on any atom is 0.204 e. The van der Waals surface area contributed by atoms with Crippen LogP contribution in [-0.4, -0.2) is 17.8 Å². The highest BCUT2D eigenvalue weighted by Gasteiger charge is 2.21. The maximum absolute atomic E-state index is 5.20. The van der Waals surface area contributed by atoms with Gasteiger partial charge >= 0.3 is 0 Å². The van der Waals surface area contributed by atoms with Crippen molar-refractivity contribution in [3.63, 3.8) is 0 Å². The van der Waals surface area contributed by atoms with Crippen molar-refractivity contribution in [2.45, 2.75) is 38.1 Å². The summed E-state index contributed by atoms with van der Waals surface area (Å²) in [5.74, 6) is 0. The van der Waals surface area contributed by atoms with E-state index in [-0.39, 0.29) is 17.8 Å². The van der Waals surface area contributed by atoms with Gasteiger partial charge in [0.15, 0.2) is 0 Å². The molecule has 1 aliphatic rings. The number of hydrogen-bond acceptors (Lipinski definition) is 3. The molecular weight excluding hydrogens is 136 g/mol. The van der Waals surface area contributed by atoms with E-state index in [1.807, 2.05) is 13.8 Å². The lowest BCUT2D eigenvalue weighted by Gasteiger charge is -2.29. The predicted molar refractivity (Wildman–Crippen MR) is 38.5 cm³/mol. The van der Waals surface area contributed by atoms with Gasteiger partial charge in [0.25, 0.3) is 0 Å². The molecule has 0 radical (unpaired) electrons. The first-order chi connectivity index (χ1) is 4.18. The van der Waals surface area contributed by atoms with E-state index in [1.54, 1.807) is 0 Å². The summed E-state index contributed by atoms with van der Waals surface area (Å²) in [6.07, 6.45) is 1.55. The summed E-state index contributed by atoms with van der Waals surface area (Å²) in [6.45, 7) is 4.06. The van der Waals surface area contributed by atoms with E-state index < -0.39 is 0 Å². The minimum absolute atomic E-state index is 0.288. The highest BCUT2D eigenvalue weighted by atomic mass is 32.1. The zero-order valence-electron chi connectivity index (χ0n) is 5.70. The molecule has 0 aromatic rings. The molecule has 0 saturated carbocycles. The Labute approximate surface area is 60.9 Å². The van der Waals surface area contributed by atoms with Crippen molar-refractivity contribution in [1.29, 1.82) is 0 Å².